The van der Waals surface area contributed by atoms with E-state index in [2.05, 4.69) is 60.1 Å². The van der Waals surface area contributed by atoms with Crippen LogP contribution >= 0.6 is 0 Å². The van der Waals surface area contributed by atoms with Crippen molar-refractivity contribution in [2.45, 2.75) is 6.92 Å². The molecule has 0 aliphatic rings. The highest BCUT2D eigenvalue weighted by Gasteiger charge is 2.05. The van der Waals surface area contributed by atoms with Crippen molar-refractivity contribution in [3.8, 4) is 0 Å². The second kappa shape index (κ2) is 4.19. The van der Waals surface area contributed by atoms with Gasteiger partial charge in [-0.05, 0) is 30.2 Å². The van der Waals surface area contributed by atoms with E-state index in [0.717, 1.165) is 5.57 Å². The van der Waals surface area contributed by atoms with Crippen molar-refractivity contribution in [2.75, 3.05) is 0 Å². The molecule has 0 spiro atoms. The van der Waals surface area contributed by atoms with Crippen LogP contribution in [0, 0.1) is 0 Å². The van der Waals surface area contributed by atoms with E-state index in [-0.39, 0.29) is 0 Å². The molecule has 1 N–H and O–H groups in total. The molecule has 18 heavy (non-hydrogen) atoms. The maximum Gasteiger partial charge on any atom is 0.0471 e. The van der Waals surface area contributed by atoms with Crippen LogP contribution in [0.25, 0.3) is 27.4 Å². The van der Waals surface area contributed by atoms with Crippen molar-refractivity contribution in [3.63, 3.8) is 0 Å². The van der Waals surface area contributed by atoms with Gasteiger partial charge in [-0.3, -0.25) is 0 Å². The van der Waals surface area contributed by atoms with E-state index in [4.69, 9.17) is 0 Å². The number of rotatable bonds is 2. The zero-order chi connectivity index (χ0) is 12.5. The van der Waals surface area contributed by atoms with Crippen molar-refractivity contribution < 1.29 is 0 Å². The molecule has 1 aromatic heterocycles. The summed E-state index contributed by atoms with van der Waals surface area (Å²) in [6, 6.07) is 14.9. The number of aromatic nitrogens is 1. The van der Waals surface area contributed by atoms with E-state index in [9.17, 15) is 0 Å². The topological polar surface area (TPSA) is 15.8 Å². The molecule has 1 nitrogen and oxygen atoms in total. The molecule has 88 valence electrons. The maximum absolute atomic E-state index is 3.85. The molecule has 0 amide bonds. The highest BCUT2D eigenvalue weighted by Crippen LogP contribution is 2.28. The van der Waals surface area contributed by atoms with Crippen LogP contribution in [0.15, 0.2) is 61.2 Å². The third kappa shape index (κ3) is 1.56. The third-order valence-corrected chi connectivity index (χ3v) is 3.37. The highest BCUT2D eigenvalue weighted by atomic mass is 14.7. The quantitative estimate of drug-likeness (QED) is 0.605. The number of hydrogen-bond donors (Lipinski definition) is 1. The van der Waals surface area contributed by atoms with Crippen LogP contribution in [0.5, 0.6) is 0 Å². The zero-order valence-corrected chi connectivity index (χ0v) is 10.4. The van der Waals surface area contributed by atoms with Gasteiger partial charge in [-0.15, -0.1) is 0 Å². The summed E-state index contributed by atoms with van der Waals surface area (Å²) in [6.07, 6.45) is 3.97. The van der Waals surface area contributed by atoms with E-state index in [1.165, 1.54) is 27.4 Å². The lowest BCUT2D eigenvalue weighted by molar-refractivity contribution is 1.53. The molecule has 0 aliphatic heterocycles. The van der Waals surface area contributed by atoms with Gasteiger partial charge in [-0.25, -0.2) is 0 Å². The number of aromatic amines is 1. The molecule has 1 heterocycles. The molecule has 3 aromatic rings. The number of hydrogen-bond acceptors (Lipinski definition) is 0. The van der Waals surface area contributed by atoms with Crippen molar-refractivity contribution in [1.82, 2.24) is 4.98 Å². The summed E-state index contributed by atoms with van der Waals surface area (Å²) < 4.78 is 0. The zero-order valence-electron chi connectivity index (χ0n) is 10.4. The Hall–Kier alpha value is -2.28. The molecular formula is C17H15N. The second-order valence-electron chi connectivity index (χ2n) is 4.38. The van der Waals surface area contributed by atoms with Gasteiger partial charge in [0.25, 0.3) is 0 Å². The minimum Gasteiger partial charge on any atom is -0.354 e. The largest absolute Gasteiger partial charge is 0.354 e. The van der Waals surface area contributed by atoms with Gasteiger partial charge in [0.15, 0.2) is 0 Å². The Balaban J connectivity index is 2.30. The first-order valence-electron chi connectivity index (χ1n) is 6.13. The molecule has 0 atom stereocenters. The molecule has 1 heteroatoms. The molecule has 0 fully saturated rings. The number of allylic oxidation sites excluding steroid dienone is 3. The molecule has 3 rings (SSSR count). The van der Waals surface area contributed by atoms with Gasteiger partial charge in [-0.2, -0.15) is 0 Å². The number of nitrogens with one attached hydrogen (secondary N) is 1. The van der Waals surface area contributed by atoms with Gasteiger partial charge >= 0.3 is 0 Å². The van der Waals surface area contributed by atoms with E-state index < -0.39 is 0 Å². The van der Waals surface area contributed by atoms with E-state index in [1.54, 1.807) is 0 Å². The van der Waals surface area contributed by atoms with Crippen molar-refractivity contribution in [3.05, 3.63) is 66.8 Å². The van der Waals surface area contributed by atoms with Crippen LogP contribution in [0.3, 0.4) is 0 Å². The van der Waals surface area contributed by atoms with Gasteiger partial charge in [0.2, 0.25) is 0 Å². The summed E-state index contributed by atoms with van der Waals surface area (Å²) in [5.41, 5.74) is 4.72. The molecule has 0 aliphatic carbocycles. The van der Waals surface area contributed by atoms with Gasteiger partial charge in [0.1, 0.15) is 0 Å². The van der Waals surface area contributed by atoms with Crippen molar-refractivity contribution in [1.29, 1.82) is 0 Å². The van der Waals surface area contributed by atoms with Gasteiger partial charge in [0, 0.05) is 21.8 Å². The van der Waals surface area contributed by atoms with E-state index in [1.807, 2.05) is 13.0 Å². The average molecular weight is 233 g/mol. The highest BCUT2D eigenvalue weighted by molar-refractivity contribution is 6.07. The first-order valence-corrected chi connectivity index (χ1v) is 6.13. The number of fused-ring (bicyclic) bond motifs is 3. The number of benzene rings is 2. The SMILES string of the molecule is C=C/C(=C\C)c1ccc2c(c1)[nH]c1ccccc12. The van der Waals surface area contributed by atoms with Crippen molar-refractivity contribution in [2.24, 2.45) is 0 Å². The fourth-order valence-electron chi connectivity index (χ4n) is 2.44. The van der Waals surface area contributed by atoms with Gasteiger partial charge in [-0.1, -0.05) is 49.1 Å². The third-order valence-electron chi connectivity index (χ3n) is 3.37. The predicted octanol–water partition coefficient (Wildman–Crippen LogP) is 4.91. The number of para-hydroxylation sites is 1. The van der Waals surface area contributed by atoms with Crippen LogP contribution in [-0.4, -0.2) is 4.98 Å². The van der Waals surface area contributed by atoms with E-state index >= 15 is 0 Å². The molecule has 2 aromatic carbocycles. The summed E-state index contributed by atoms with van der Waals surface area (Å²) in [7, 11) is 0. The predicted molar refractivity (Wildman–Crippen MR) is 79.7 cm³/mol. The standard InChI is InChI=1S/C17H15N/c1-3-12(4-2)13-9-10-15-14-7-5-6-8-16(14)18-17(15)11-13/h3-11,18H,1H2,2H3/b12-4+. The first kappa shape index (κ1) is 10.8. The van der Waals surface area contributed by atoms with Crippen LogP contribution in [0.2, 0.25) is 0 Å². The molecule has 0 saturated carbocycles. The molecule has 0 saturated heterocycles. The van der Waals surface area contributed by atoms with Crippen LogP contribution in [0.1, 0.15) is 12.5 Å². The maximum atomic E-state index is 3.85. The Morgan fingerprint density at radius 1 is 1.06 bits per heavy atom. The monoisotopic (exact) mass is 233 g/mol. The normalized spacial score (nSPS) is 12.2. The smallest absolute Gasteiger partial charge is 0.0471 e. The Morgan fingerprint density at radius 2 is 1.83 bits per heavy atom. The summed E-state index contributed by atoms with van der Waals surface area (Å²) in [6.45, 7) is 5.89. The lowest BCUT2D eigenvalue weighted by Crippen LogP contribution is -1.80. The van der Waals surface area contributed by atoms with Crippen LogP contribution in [-0.2, 0) is 0 Å². The lowest BCUT2D eigenvalue weighted by atomic mass is 10.0. The molecule has 0 radical (unpaired) electrons. The summed E-state index contributed by atoms with van der Waals surface area (Å²) >= 11 is 0. The Morgan fingerprint density at radius 3 is 2.61 bits per heavy atom. The Kier molecular flexibility index (Phi) is 2.52. The van der Waals surface area contributed by atoms with Gasteiger partial charge in [0.05, 0.1) is 0 Å². The van der Waals surface area contributed by atoms with Gasteiger partial charge < -0.3 is 4.98 Å². The molecule has 0 bridgehead atoms. The minimum atomic E-state index is 1.16. The van der Waals surface area contributed by atoms with Crippen molar-refractivity contribution >= 4 is 27.4 Å². The summed E-state index contributed by atoms with van der Waals surface area (Å²) in [5, 5.41) is 2.55. The van der Waals surface area contributed by atoms with Crippen LogP contribution in [0.4, 0.5) is 0 Å². The lowest BCUT2D eigenvalue weighted by Gasteiger charge is -2.01. The second-order valence-corrected chi connectivity index (χ2v) is 4.38. The fourth-order valence-corrected chi connectivity index (χ4v) is 2.44. The fraction of sp³-hybridized carbons (Fsp3) is 0.0588. The average Bonchev–Trinajstić information content (AvgIpc) is 2.78. The first-order chi connectivity index (χ1) is 8.83. The Bertz CT molecular complexity index is 759. The Labute approximate surface area is 106 Å². The van der Waals surface area contributed by atoms with Crippen LogP contribution < -0.4 is 0 Å². The molecule has 0 unspecified atom stereocenters. The minimum absolute atomic E-state index is 1.16. The molecular weight excluding hydrogens is 218 g/mol. The summed E-state index contributed by atoms with van der Waals surface area (Å²) in [4.78, 5) is 3.46. The number of H-pyrrole nitrogens is 1. The summed E-state index contributed by atoms with van der Waals surface area (Å²) in [5.74, 6) is 0. The van der Waals surface area contributed by atoms with E-state index in [0.29, 0.717) is 0 Å².